The van der Waals surface area contributed by atoms with Crippen LogP contribution in [0.15, 0.2) is 31.0 Å². The van der Waals surface area contributed by atoms with Gasteiger partial charge >= 0.3 is 0 Å². The minimum atomic E-state index is 0.327. The number of hydrogen-bond donors (Lipinski definition) is 2. The van der Waals surface area contributed by atoms with Crippen LogP contribution in [-0.2, 0) is 0 Å². The average Bonchev–Trinajstić information content (AvgIpc) is 2.94. The molecule has 0 saturated heterocycles. The lowest BCUT2D eigenvalue weighted by molar-refractivity contribution is 0.409. The van der Waals surface area contributed by atoms with E-state index in [9.17, 15) is 0 Å². The van der Waals surface area contributed by atoms with Crippen LogP contribution in [0.4, 0.5) is 5.69 Å². The SMILES string of the molecule is NC1CCCC(Nc2ccc(-n3cncn3)nc2)C1. The molecule has 1 aliphatic rings. The molecule has 1 fully saturated rings. The van der Waals surface area contributed by atoms with Crippen molar-refractivity contribution in [2.75, 3.05) is 5.32 Å². The third kappa shape index (κ3) is 2.90. The highest BCUT2D eigenvalue weighted by atomic mass is 15.3. The summed E-state index contributed by atoms with van der Waals surface area (Å²) in [6.45, 7) is 0. The van der Waals surface area contributed by atoms with Crippen LogP contribution in [0.2, 0.25) is 0 Å². The molecule has 0 radical (unpaired) electrons. The number of nitrogens with two attached hydrogens (primary N) is 1. The predicted molar refractivity (Wildman–Crippen MR) is 73.0 cm³/mol. The molecule has 2 unspecified atom stereocenters. The summed E-state index contributed by atoms with van der Waals surface area (Å²) in [5, 5.41) is 7.54. The van der Waals surface area contributed by atoms with Crippen molar-refractivity contribution in [1.29, 1.82) is 0 Å². The molecule has 6 heteroatoms. The first-order valence-corrected chi connectivity index (χ1v) is 6.64. The van der Waals surface area contributed by atoms with Gasteiger partial charge in [0.1, 0.15) is 12.7 Å². The maximum absolute atomic E-state index is 5.99. The monoisotopic (exact) mass is 258 g/mol. The Morgan fingerprint density at radius 1 is 1.32 bits per heavy atom. The molecule has 0 bridgehead atoms. The fourth-order valence-corrected chi connectivity index (χ4v) is 2.53. The molecule has 6 nitrogen and oxygen atoms in total. The van der Waals surface area contributed by atoms with Crippen molar-refractivity contribution >= 4 is 5.69 Å². The number of aromatic nitrogens is 4. The number of nitrogens with one attached hydrogen (secondary N) is 1. The van der Waals surface area contributed by atoms with Gasteiger partial charge in [0.2, 0.25) is 0 Å². The number of nitrogens with zero attached hydrogens (tertiary/aromatic N) is 4. The summed E-state index contributed by atoms with van der Waals surface area (Å²) < 4.78 is 1.64. The van der Waals surface area contributed by atoms with Crippen LogP contribution in [0, 0.1) is 0 Å². The van der Waals surface area contributed by atoms with E-state index in [2.05, 4.69) is 20.4 Å². The van der Waals surface area contributed by atoms with Crippen molar-refractivity contribution in [3.05, 3.63) is 31.0 Å². The molecule has 1 saturated carbocycles. The molecular weight excluding hydrogens is 240 g/mol. The Balaban J connectivity index is 1.66. The van der Waals surface area contributed by atoms with E-state index in [-0.39, 0.29) is 0 Å². The standard InChI is InChI=1S/C13H18N6/c14-10-2-1-3-11(6-10)18-12-4-5-13(16-7-12)19-9-15-8-17-19/h4-5,7-11,18H,1-3,6,14H2. The fourth-order valence-electron chi connectivity index (χ4n) is 2.53. The molecule has 3 rings (SSSR count). The lowest BCUT2D eigenvalue weighted by Gasteiger charge is -2.28. The zero-order valence-corrected chi connectivity index (χ0v) is 10.7. The first kappa shape index (κ1) is 12.1. The van der Waals surface area contributed by atoms with Crippen molar-refractivity contribution < 1.29 is 0 Å². The van der Waals surface area contributed by atoms with Crippen LogP contribution in [-0.4, -0.2) is 31.8 Å². The normalized spacial score (nSPS) is 23.2. The van der Waals surface area contributed by atoms with Gasteiger partial charge in [-0.15, -0.1) is 0 Å². The van der Waals surface area contributed by atoms with Crippen LogP contribution in [0.25, 0.3) is 5.82 Å². The molecule has 3 N–H and O–H groups in total. The maximum atomic E-state index is 5.99. The topological polar surface area (TPSA) is 81.6 Å². The molecule has 0 amide bonds. The lowest BCUT2D eigenvalue weighted by Crippen LogP contribution is -2.34. The Kier molecular flexibility index (Phi) is 3.41. The second-order valence-electron chi connectivity index (χ2n) is 5.01. The van der Waals surface area contributed by atoms with Gasteiger partial charge in [-0.25, -0.2) is 14.6 Å². The minimum absolute atomic E-state index is 0.327. The zero-order valence-electron chi connectivity index (χ0n) is 10.7. The van der Waals surface area contributed by atoms with Crippen molar-refractivity contribution in [1.82, 2.24) is 19.7 Å². The summed E-state index contributed by atoms with van der Waals surface area (Å²) in [6.07, 6.45) is 9.51. The second kappa shape index (κ2) is 5.36. The third-order valence-corrected chi connectivity index (χ3v) is 3.49. The summed E-state index contributed by atoms with van der Waals surface area (Å²) in [5.41, 5.74) is 7.02. The van der Waals surface area contributed by atoms with E-state index in [0.29, 0.717) is 12.1 Å². The zero-order chi connectivity index (χ0) is 13.1. The van der Waals surface area contributed by atoms with Crippen molar-refractivity contribution in [3.63, 3.8) is 0 Å². The van der Waals surface area contributed by atoms with E-state index >= 15 is 0 Å². The minimum Gasteiger partial charge on any atom is -0.381 e. The van der Waals surface area contributed by atoms with E-state index in [1.807, 2.05) is 18.3 Å². The molecule has 19 heavy (non-hydrogen) atoms. The number of rotatable bonds is 3. The van der Waals surface area contributed by atoms with Crippen LogP contribution in [0.5, 0.6) is 0 Å². The highest BCUT2D eigenvalue weighted by Gasteiger charge is 2.18. The Labute approximate surface area is 112 Å². The summed E-state index contributed by atoms with van der Waals surface area (Å²) in [5.74, 6) is 0.767. The Bertz CT molecular complexity index is 506. The van der Waals surface area contributed by atoms with E-state index in [4.69, 9.17) is 5.73 Å². The summed E-state index contributed by atoms with van der Waals surface area (Å²) in [6, 6.07) is 4.74. The molecule has 0 aliphatic heterocycles. The highest BCUT2D eigenvalue weighted by molar-refractivity contribution is 5.44. The summed E-state index contributed by atoms with van der Waals surface area (Å²) in [4.78, 5) is 8.28. The van der Waals surface area contributed by atoms with E-state index < -0.39 is 0 Å². The summed E-state index contributed by atoms with van der Waals surface area (Å²) >= 11 is 0. The molecular formula is C13H18N6. The van der Waals surface area contributed by atoms with Crippen molar-refractivity contribution in [2.45, 2.75) is 37.8 Å². The molecule has 2 aromatic rings. The van der Waals surface area contributed by atoms with Gasteiger partial charge in [0.25, 0.3) is 0 Å². The van der Waals surface area contributed by atoms with Crippen LogP contribution < -0.4 is 11.1 Å². The predicted octanol–water partition coefficient (Wildman–Crippen LogP) is 1.34. The molecule has 2 aromatic heterocycles. The van der Waals surface area contributed by atoms with Crippen LogP contribution in [0.1, 0.15) is 25.7 Å². The first-order valence-electron chi connectivity index (χ1n) is 6.64. The molecule has 0 aromatic carbocycles. The van der Waals surface area contributed by atoms with E-state index in [1.165, 1.54) is 19.2 Å². The van der Waals surface area contributed by atoms with Crippen molar-refractivity contribution in [2.24, 2.45) is 5.73 Å². The number of anilines is 1. The first-order chi connectivity index (χ1) is 9.31. The highest BCUT2D eigenvalue weighted by Crippen LogP contribution is 2.21. The maximum Gasteiger partial charge on any atom is 0.155 e. The fraction of sp³-hybridized carbons (Fsp3) is 0.462. The lowest BCUT2D eigenvalue weighted by atomic mass is 9.91. The third-order valence-electron chi connectivity index (χ3n) is 3.49. The molecule has 2 heterocycles. The van der Waals surface area contributed by atoms with Crippen LogP contribution >= 0.6 is 0 Å². The molecule has 1 aliphatic carbocycles. The van der Waals surface area contributed by atoms with Gasteiger partial charge in [-0.3, -0.25) is 0 Å². The molecule has 2 atom stereocenters. The van der Waals surface area contributed by atoms with Gasteiger partial charge in [-0.05, 0) is 37.8 Å². The quantitative estimate of drug-likeness (QED) is 0.868. The van der Waals surface area contributed by atoms with Gasteiger partial charge < -0.3 is 11.1 Å². The molecule has 100 valence electrons. The summed E-state index contributed by atoms with van der Waals surface area (Å²) in [7, 11) is 0. The van der Waals surface area contributed by atoms with Gasteiger partial charge in [-0.1, -0.05) is 0 Å². The van der Waals surface area contributed by atoms with Gasteiger partial charge in [0.05, 0.1) is 11.9 Å². The van der Waals surface area contributed by atoms with E-state index in [1.54, 1.807) is 11.0 Å². The van der Waals surface area contributed by atoms with Crippen molar-refractivity contribution in [3.8, 4) is 5.82 Å². The smallest absolute Gasteiger partial charge is 0.155 e. The number of hydrogen-bond acceptors (Lipinski definition) is 5. The largest absolute Gasteiger partial charge is 0.381 e. The van der Waals surface area contributed by atoms with Gasteiger partial charge in [0.15, 0.2) is 5.82 Å². The van der Waals surface area contributed by atoms with Gasteiger partial charge in [-0.2, -0.15) is 5.10 Å². The Morgan fingerprint density at radius 2 is 2.26 bits per heavy atom. The van der Waals surface area contributed by atoms with Crippen LogP contribution in [0.3, 0.4) is 0 Å². The Morgan fingerprint density at radius 3 is 2.95 bits per heavy atom. The number of pyridine rings is 1. The van der Waals surface area contributed by atoms with Gasteiger partial charge in [0, 0.05) is 12.1 Å². The molecule has 0 spiro atoms. The average molecular weight is 258 g/mol. The van der Waals surface area contributed by atoms with E-state index in [0.717, 1.165) is 24.3 Å². The Hall–Kier alpha value is -1.95. The second-order valence-corrected chi connectivity index (χ2v) is 5.01.